The quantitative estimate of drug-likeness (QED) is 0.405. The fraction of sp³-hybridized carbons (Fsp3) is 0.467. The highest BCUT2D eigenvalue weighted by Crippen LogP contribution is 2.27. The van der Waals surface area contributed by atoms with Crippen LogP contribution in [0.2, 0.25) is 0 Å². The van der Waals surface area contributed by atoms with Crippen molar-refractivity contribution in [3.8, 4) is 0 Å². The first-order valence-electron chi connectivity index (χ1n) is 14.5. The first-order chi connectivity index (χ1) is 20.8. The van der Waals surface area contributed by atoms with Crippen LogP contribution < -0.4 is 16.0 Å². The van der Waals surface area contributed by atoms with Crippen molar-refractivity contribution in [2.45, 2.75) is 57.7 Å². The van der Waals surface area contributed by atoms with Crippen LogP contribution in [-0.2, 0) is 20.7 Å². The number of fused-ring (bicyclic) bond motifs is 4. The SMILES string of the molecule is CC(C)[C@@H]1NC(=O)c2csc(n2)[C@H](Cc2ccccc2)NC(=O)CN(C(=O)[C@H]2CCCO2)CCCNC(=O)c2csc1n2. The Kier molecular flexibility index (Phi) is 10.2. The number of hydrogen-bond acceptors (Lipinski definition) is 9. The zero-order valence-corrected chi connectivity index (χ0v) is 25.8. The van der Waals surface area contributed by atoms with Gasteiger partial charge in [-0.05, 0) is 37.2 Å². The summed E-state index contributed by atoms with van der Waals surface area (Å²) in [6.07, 6.45) is 1.73. The number of carbonyl (C=O) groups excluding carboxylic acids is 4. The smallest absolute Gasteiger partial charge is 0.271 e. The van der Waals surface area contributed by atoms with Crippen LogP contribution in [0.25, 0.3) is 0 Å². The lowest BCUT2D eigenvalue weighted by molar-refractivity contribution is -0.144. The summed E-state index contributed by atoms with van der Waals surface area (Å²) in [5, 5.41) is 13.5. The zero-order chi connectivity index (χ0) is 30.3. The van der Waals surface area contributed by atoms with E-state index in [1.54, 1.807) is 10.8 Å². The number of thiazole rings is 2. The molecule has 43 heavy (non-hydrogen) atoms. The van der Waals surface area contributed by atoms with Gasteiger partial charge in [-0.2, -0.15) is 0 Å². The van der Waals surface area contributed by atoms with E-state index >= 15 is 0 Å². The van der Waals surface area contributed by atoms with Crippen LogP contribution in [0.1, 0.15) is 81.7 Å². The Morgan fingerprint density at radius 2 is 1.72 bits per heavy atom. The third-order valence-electron chi connectivity index (χ3n) is 7.39. The minimum absolute atomic E-state index is 0.00992. The van der Waals surface area contributed by atoms with Crippen molar-refractivity contribution in [1.29, 1.82) is 0 Å². The van der Waals surface area contributed by atoms with E-state index in [4.69, 9.17) is 4.74 Å². The number of amides is 4. The highest BCUT2D eigenvalue weighted by atomic mass is 32.1. The van der Waals surface area contributed by atoms with Gasteiger partial charge in [-0.25, -0.2) is 9.97 Å². The van der Waals surface area contributed by atoms with Crippen LogP contribution in [0.15, 0.2) is 41.1 Å². The number of nitrogens with zero attached hydrogens (tertiary/aromatic N) is 3. The molecule has 2 aliphatic rings. The number of benzene rings is 1. The molecule has 0 spiro atoms. The van der Waals surface area contributed by atoms with Crippen molar-refractivity contribution >= 4 is 46.3 Å². The van der Waals surface area contributed by atoms with E-state index in [0.29, 0.717) is 42.4 Å². The maximum absolute atomic E-state index is 13.4. The lowest BCUT2D eigenvalue weighted by Crippen LogP contribution is -2.46. The molecule has 228 valence electrons. The van der Waals surface area contributed by atoms with Crippen molar-refractivity contribution < 1.29 is 23.9 Å². The van der Waals surface area contributed by atoms with E-state index in [1.807, 2.05) is 44.2 Å². The second-order valence-corrected chi connectivity index (χ2v) is 12.8. The van der Waals surface area contributed by atoms with Gasteiger partial charge in [0.1, 0.15) is 27.5 Å². The predicted octanol–water partition coefficient (Wildman–Crippen LogP) is 3.27. The van der Waals surface area contributed by atoms with Gasteiger partial charge in [-0.15, -0.1) is 22.7 Å². The highest BCUT2D eigenvalue weighted by Gasteiger charge is 2.31. The van der Waals surface area contributed by atoms with Crippen LogP contribution in [0, 0.1) is 5.92 Å². The zero-order valence-electron chi connectivity index (χ0n) is 24.2. The molecule has 1 aromatic carbocycles. The number of rotatable bonds is 4. The minimum atomic E-state index is -0.577. The summed E-state index contributed by atoms with van der Waals surface area (Å²) in [6, 6.07) is 8.80. The molecule has 4 heterocycles. The van der Waals surface area contributed by atoms with Crippen molar-refractivity contribution in [3.05, 3.63) is 68.1 Å². The number of ether oxygens (including phenoxy) is 1. The molecule has 4 bridgehead atoms. The van der Waals surface area contributed by atoms with E-state index in [1.165, 1.54) is 27.6 Å². The van der Waals surface area contributed by atoms with Crippen molar-refractivity contribution in [2.75, 3.05) is 26.2 Å². The molecule has 1 fully saturated rings. The van der Waals surface area contributed by atoms with Gasteiger partial charge in [0.2, 0.25) is 5.91 Å². The third-order valence-corrected chi connectivity index (χ3v) is 9.27. The van der Waals surface area contributed by atoms with Crippen molar-refractivity contribution in [2.24, 2.45) is 5.92 Å². The average Bonchev–Trinajstić information content (AvgIpc) is 3.79. The second kappa shape index (κ2) is 14.2. The molecule has 0 radical (unpaired) electrons. The summed E-state index contributed by atoms with van der Waals surface area (Å²) < 4.78 is 5.62. The molecule has 3 aromatic rings. The van der Waals surface area contributed by atoms with Gasteiger partial charge in [0.05, 0.1) is 18.6 Å². The normalized spacial score (nSPS) is 22.3. The number of nitrogens with one attached hydrogen (secondary N) is 3. The van der Waals surface area contributed by atoms with E-state index < -0.39 is 18.2 Å². The van der Waals surface area contributed by atoms with Crippen LogP contribution >= 0.6 is 22.7 Å². The van der Waals surface area contributed by atoms with Crippen molar-refractivity contribution in [3.63, 3.8) is 0 Å². The topological polar surface area (TPSA) is 143 Å². The molecule has 0 unspecified atom stereocenters. The van der Waals surface area contributed by atoms with E-state index in [0.717, 1.165) is 12.0 Å². The van der Waals surface area contributed by atoms with E-state index in [-0.39, 0.29) is 54.0 Å². The molecule has 3 N–H and O–H groups in total. The molecular formula is C30H36N6O5S2. The summed E-state index contributed by atoms with van der Waals surface area (Å²) in [5.41, 5.74) is 1.50. The Hall–Kier alpha value is -3.68. The molecule has 1 saturated heterocycles. The van der Waals surface area contributed by atoms with Crippen LogP contribution in [0.4, 0.5) is 0 Å². The Balaban J connectivity index is 1.45. The predicted molar refractivity (Wildman–Crippen MR) is 163 cm³/mol. The van der Waals surface area contributed by atoms with Crippen LogP contribution in [-0.4, -0.2) is 70.8 Å². The van der Waals surface area contributed by atoms with Crippen LogP contribution in [0.3, 0.4) is 0 Å². The first kappa shape index (κ1) is 30.8. The van der Waals surface area contributed by atoms with Crippen molar-refractivity contribution in [1.82, 2.24) is 30.8 Å². The molecule has 2 aliphatic heterocycles. The maximum atomic E-state index is 13.4. The van der Waals surface area contributed by atoms with Gasteiger partial charge >= 0.3 is 0 Å². The summed E-state index contributed by atoms with van der Waals surface area (Å²) in [7, 11) is 0. The number of aromatic nitrogens is 2. The Bertz CT molecular complexity index is 1440. The highest BCUT2D eigenvalue weighted by molar-refractivity contribution is 7.10. The summed E-state index contributed by atoms with van der Waals surface area (Å²) >= 11 is 2.62. The van der Waals surface area contributed by atoms with Gasteiger partial charge in [0.15, 0.2) is 0 Å². The standard InChI is InChI=1S/C30H36N6O5S2/c1-18(2)25-29-34-21(16-43-29)26(38)31-11-7-12-36(30(40)23-10-6-13-41-23)15-24(37)32-20(14-19-8-4-3-5-9-19)28-33-22(17-42-28)27(39)35-25/h3-5,8-9,16-18,20,23,25H,6-7,10-15H2,1-2H3,(H,31,38)(H,32,37)(H,35,39)/t20-,23+,25-/m0/s1. The number of hydrogen-bond donors (Lipinski definition) is 3. The molecular weight excluding hydrogens is 589 g/mol. The van der Waals surface area contributed by atoms with Gasteiger partial charge in [-0.3, -0.25) is 19.2 Å². The molecule has 4 amide bonds. The molecule has 5 rings (SSSR count). The lowest BCUT2D eigenvalue weighted by atomic mass is 10.0. The lowest BCUT2D eigenvalue weighted by Gasteiger charge is -2.26. The van der Waals surface area contributed by atoms with Gasteiger partial charge < -0.3 is 25.6 Å². The largest absolute Gasteiger partial charge is 0.368 e. The maximum Gasteiger partial charge on any atom is 0.271 e. The molecule has 13 heteroatoms. The molecule has 2 aromatic heterocycles. The monoisotopic (exact) mass is 624 g/mol. The second-order valence-electron chi connectivity index (χ2n) is 11.0. The molecule has 11 nitrogen and oxygen atoms in total. The van der Waals surface area contributed by atoms with Gasteiger partial charge in [-0.1, -0.05) is 44.2 Å². The molecule has 0 aliphatic carbocycles. The average molecular weight is 625 g/mol. The Labute approximate surface area is 258 Å². The van der Waals surface area contributed by atoms with Gasteiger partial charge in [0.25, 0.3) is 17.7 Å². The summed E-state index contributed by atoms with van der Waals surface area (Å²) in [6.45, 7) is 4.87. The first-order valence-corrected chi connectivity index (χ1v) is 16.3. The van der Waals surface area contributed by atoms with Gasteiger partial charge in [0, 0.05) is 30.5 Å². The molecule has 3 atom stereocenters. The number of carbonyl (C=O) groups is 4. The minimum Gasteiger partial charge on any atom is -0.368 e. The Morgan fingerprint density at radius 3 is 2.44 bits per heavy atom. The summed E-state index contributed by atoms with van der Waals surface area (Å²) in [4.78, 5) is 63.6. The molecule has 0 saturated carbocycles. The fourth-order valence-electron chi connectivity index (χ4n) is 5.08. The fourth-order valence-corrected chi connectivity index (χ4v) is 6.95. The summed E-state index contributed by atoms with van der Waals surface area (Å²) in [5.74, 6) is -1.27. The third kappa shape index (κ3) is 7.84. The van der Waals surface area contributed by atoms with E-state index in [2.05, 4.69) is 25.9 Å². The Morgan fingerprint density at radius 1 is 1.00 bits per heavy atom. The van der Waals surface area contributed by atoms with Crippen LogP contribution in [0.5, 0.6) is 0 Å². The van der Waals surface area contributed by atoms with E-state index in [9.17, 15) is 19.2 Å².